The van der Waals surface area contributed by atoms with E-state index in [2.05, 4.69) is 5.32 Å². The second-order valence-electron chi connectivity index (χ2n) is 5.68. The van der Waals surface area contributed by atoms with Gasteiger partial charge in [-0.1, -0.05) is 30.3 Å². The number of hydrogen-bond acceptors (Lipinski definition) is 5. The lowest BCUT2D eigenvalue weighted by atomic mass is 9.99. The summed E-state index contributed by atoms with van der Waals surface area (Å²) in [4.78, 5) is 11.6. The molecule has 2 aromatic rings. The minimum Gasteiger partial charge on any atom is -0.445 e. The molecular weight excluding hydrogens is 346 g/mol. The quantitative estimate of drug-likeness (QED) is 0.563. The summed E-state index contributed by atoms with van der Waals surface area (Å²) in [6, 6.07) is 10.5. The monoisotopic (exact) mass is 366 g/mol. The fourth-order valence-corrected chi connectivity index (χ4v) is 2.36. The predicted octanol–water partition coefficient (Wildman–Crippen LogP) is 2.26. The molecule has 26 heavy (non-hydrogen) atoms. The zero-order valence-electron chi connectivity index (χ0n) is 13.9. The lowest BCUT2D eigenvalue weighted by molar-refractivity contribution is 0.0120. The number of carbonyl (C=O) groups is 1. The Morgan fingerprint density at radius 1 is 1.19 bits per heavy atom. The molecule has 140 valence electrons. The molecule has 2 unspecified atom stereocenters. The standard InChI is InChI=1S/C18H20F2N2O4/c19-12-8-13(20)16(14(21)9-12)17(24)15(23)6-7-22-18(25)26-10-11-4-2-1-3-5-11/h1-5,8-9,15,17,23-24H,6-7,10,21H2,(H,22,25). The van der Waals surface area contributed by atoms with Crippen LogP contribution in [-0.2, 0) is 11.3 Å². The molecule has 0 aromatic heterocycles. The smallest absolute Gasteiger partial charge is 0.407 e. The van der Waals surface area contributed by atoms with Gasteiger partial charge in [-0.2, -0.15) is 0 Å². The van der Waals surface area contributed by atoms with E-state index in [1.165, 1.54) is 0 Å². The van der Waals surface area contributed by atoms with Crippen LogP contribution in [0.1, 0.15) is 23.7 Å². The molecule has 0 bridgehead atoms. The van der Waals surface area contributed by atoms with Gasteiger partial charge in [-0.15, -0.1) is 0 Å². The second-order valence-corrected chi connectivity index (χ2v) is 5.68. The number of hydrogen-bond donors (Lipinski definition) is 4. The van der Waals surface area contributed by atoms with E-state index < -0.39 is 29.9 Å². The molecule has 0 aliphatic heterocycles. The highest BCUT2D eigenvalue weighted by Crippen LogP contribution is 2.28. The largest absolute Gasteiger partial charge is 0.445 e. The van der Waals surface area contributed by atoms with Gasteiger partial charge in [0, 0.05) is 23.9 Å². The fraction of sp³-hybridized carbons (Fsp3) is 0.278. The van der Waals surface area contributed by atoms with Crippen LogP contribution < -0.4 is 11.1 Å². The van der Waals surface area contributed by atoms with Gasteiger partial charge in [0.25, 0.3) is 0 Å². The average molecular weight is 366 g/mol. The molecule has 6 nitrogen and oxygen atoms in total. The molecule has 0 radical (unpaired) electrons. The number of nitrogens with one attached hydrogen (secondary N) is 1. The number of nitrogens with two attached hydrogens (primary N) is 1. The highest BCUT2D eigenvalue weighted by molar-refractivity contribution is 5.67. The Morgan fingerprint density at radius 2 is 1.88 bits per heavy atom. The number of alkyl carbamates (subject to hydrolysis) is 1. The summed E-state index contributed by atoms with van der Waals surface area (Å²) in [7, 11) is 0. The van der Waals surface area contributed by atoms with Crippen LogP contribution in [0.2, 0.25) is 0 Å². The van der Waals surface area contributed by atoms with Crippen LogP contribution in [0.4, 0.5) is 19.3 Å². The molecule has 2 atom stereocenters. The molecule has 5 N–H and O–H groups in total. The van der Waals surface area contributed by atoms with Gasteiger partial charge >= 0.3 is 6.09 Å². The number of carbonyl (C=O) groups excluding carboxylic acids is 1. The Balaban J connectivity index is 1.79. The van der Waals surface area contributed by atoms with Crippen LogP contribution in [0.5, 0.6) is 0 Å². The molecule has 0 aliphatic rings. The first-order valence-corrected chi connectivity index (χ1v) is 7.93. The highest BCUT2D eigenvalue weighted by Gasteiger charge is 2.24. The number of aliphatic hydroxyl groups is 2. The first-order chi connectivity index (χ1) is 12.4. The van der Waals surface area contributed by atoms with Gasteiger partial charge < -0.3 is 26.0 Å². The fourth-order valence-electron chi connectivity index (χ4n) is 2.36. The number of benzene rings is 2. The SMILES string of the molecule is Nc1cc(F)cc(F)c1C(O)C(O)CCNC(=O)OCc1ccccc1. The summed E-state index contributed by atoms with van der Waals surface area (Å²) in [5.41, 5.74) is 5.63. The van der Waals surface area contributed by atoms with E-state index >= 15 is 0 Å². The molecule has 0 fully saturated rings. The third kappa shape index (κ3) is 5.40. The number of aliphatic hydroxyl groups excluding tert-OH is 2. The molecule has 2 rings (SSSR count). The van der Waals surface area contributed by atoms with Gasteiger partial charge in [-0.25, -0.2) is 13.6 Å². The molecule has 0 heterocycles. The van der Waals surface area contributed by atoms with Crippen LogP contribution in [-0.4, -0.2) is 29.0 Å². The zero-order valence-corrected chi connectivity index (χ0v) is 13.9. The maximum Gasteiger partial charge on any atom is 0.407 e. The lowest BCUT2D eigenvalue weighted by Crippen LogP contribution is -2.30. The Kier molecular flexibility index (Phi) is 6.88. The van der Waals surface area contributed by atoms with E-state index in [1.807, 2.05) is 18.2 Å². The Bertz CT molecular complexity index is 720. The summed E-state index contributed by atoms with van der Waals surface area (Å²) in [6.45, 7) is 0.0732. The van der Waals surface area contributed by atoms with Crippen molar-refractivity contribution in [3.63, 3.8) is 0 Å². The molecular formula is C18H20F2N2O4. The maximum absolute atomic E-state index is 13.8. The van der Waals surface area contributed by atoms with E-state index in [-0.39, 0.29) is 30.8 Å². The summed E-state index contributed by atoms with van der Waals surface area (Å²) in [5.74, 6) is -1.93. The van der Waals surface area contributed by atoms with E-state index in [0.717, 1.165) is 11.6 Å². The Hall–Kier alpha value is -2.71. The number of amides is 1. The van der Waals surface area contributed by atoms with Gasteiger partial charge in [-0.05, 0) is 18.1 Å². The van der Waals surface area contributed by atoms with Gasteiger partial charge in [0.05, 0.1) is 6.10 Å². The maximum atomic E-state index is 13.8. The van der Waals surface area contributed by atoms with Crippen molar-refractivity contribution in [2.75, 3.05) is 12.3 Å². The molecule has 0 aliphatic carbocycles. The van der Waals surface area contributed by atoms with E-state index in [1.54, 1.807) is 12.1 Å². The summed E-state index contributed by atoms with van der Waals surface area (Å²) < 4.78 is 31.8. The van der Waals surface area contributed by atoms with E-state index in [4.69, 9.17) is 10.5 Å². The van der Waals surface area contributed by atoms with Crippen molar-refractivity contribution in [1.29, 1.82) is 0 Å². The molecule has 2 aromatic carbocycles. The number of anilines is 1. The minimum absolute atomic E-state index is 0.0193. The summed E-state index contributed by atoms with van der Waals surface area (Å²) in [6.07, 6.45) is -3.84. The Morgan fingerprint density at radius 3 is 2.54 bits per heavy atom. The highest BCUT2D eigenvalue weighted by atomic mass is 19.1. The van der Waals surface area contributed by atoms with Crippen LogP contribution in [0, 0.1) is 11.6 Å². The van der Waals surface area contributed by atoms with Crippen LogP contribution in [0.3, 0.4) is 0 Å². The first-order valence-electron chi connectivity index (χ1n) is 7.93. The third-order valence-corrected chi connectivity index (χ3v) is 3.71. The van der Waals surface area contributed by atoms with Gasteiger partial charge in [0.2, 0.25) is 0 Å². The summed E-state index contributed by atoms with van der Waals surface area (Å²) >= 11 is 0. The van der Waals surface area contributed by atoms with Gasteiger partial charge in [-0.3, -0.25) is 0 Å². The van der Waals surface area contributed by atoms with Crippen LogP contribution >= 0.6 is 0 Å². The minimum atomic E-state index is -1.65. The van der Waals surface area contributed by atoms with Crippen molar-refractivity contribution in [1.82, 2.24) is 5.32 Å². The normalized spacial score (nSPS) is 13.1. The third-order valence-electron chi connectivity index (χ3n) is 3.71. The van der Waals surface area contributed by atoms with Crippen molar-refractivity contribution < 1.29 is 28.5 Å². The number of ether oxygens (including phenoxy) is 1. The van der Waals surface area contributed by atoms with Crippen molar-refractivity contribution in [2.24, 2.45) is 0 Å². The first kappa shape index (κ1) is 19.6. The molecule has 0 saturated heterocycles. The number of rotatable bonds is 7. The second kappa shape index (κ2) is 9.12. The molecule has 8 heteroatoms. The predicted molar refractivity (Wildman–Crippen MR) is 91.0 cm³/mol. The average Bonchev–Trinajstić information content (AvgIpc) is 2.59. The van der Waals surface area contributed by atoms with Crippen molar-refractivity contribution in [3.8, 4) is 0 Å². The van der Waals surface area contributed by atoms with Crippen molar-refractivity contribution in [3.05, 3.63) is 65.2 Å². The lowest BCUT2D eigenvalue weighted by Gasteiger charge is -2.20. The van der Waals surface area contributed by atoms with Gasteiger partial charge in [0.1, 0.15) is 24.3 Å². The zero-order chi connectivity index (χ0) is 19.1. The van der Waals surface area contributed by atoms with Gasteiger partial charge in [0.15, 0.2) is 0 Å². The number of nitrogen functional groups attached to an aromatic ring is 1. The molecule has 0 spiro atoms. The van der Waals surface area contributed by atoms with Crippen molar-refractivity contribution >= 4 is 11.8 Å². The summed E-state index contributed by atoms with van der Waals surface area (Å²) in [5, 5.41) is 22.4. The number of halogens is 2. The molecule has 0 saturated carbocycles. The van der Waals surface area contributed by atoms with E-state index in [0.29, 0.717) is 6.07 Å². The van der Waals surface area contributed by atoms with E-state index in [9.17, 15) is 23.8 Å². The molecule has 1 amide bonds. The van der Waals surface area contributed by atoms with Crippen molar-refractivity contribution in [2.45, 2.75) is 25.2 Å². The van der Waals surface area contributed by atoms with Crippen LogP contribution in [0.15, 0.2) is 42.5 Å². The van der Waals surface area contributed by atoms with Crippen LogP contribution in [0.25, 0.3) is 0 Å². The Labute approximate surface area is 149 Å². The topological polar surface area (TPSA) is 105 Å².